The average Bonchev–Trinajstić information content (AvgIpc) is 3.12. The Kier molecular flexibility index (Phi) is 3.29. The van der Waals surface area contributed by atoms with E-state index in [2.05, 4.69) is 43.0 Å². The molecule has 1 aliphatic rings. The minimum Gasteiger partial charge on any atom is -0.365 e. The maximum Gasteiger partial charge on any atom is 0.138 e. The van der Waals surface area contributed by atoms with Crippen LogP contribution in [0.3, 0.4) is 0 Å². The predicted molar refractivity (Wildman–Crippen MR) is 87.3 cm³/mol. The number of hydrogen-bond acceptors (Lipinski definition) is 6. The van der Waals surface area contributed by atoms with Crippen LogP contribution >= 0.6 is 11.3 Å². The Hall–Kier alpha value is -2.02. The van der Waals surface area contributed by atoms with Crippen molar-refractivity contribution in [2.24, 2.45) is 0 Å². The van der Waals surface area contributed by atoms with Crippen molar-refractivity contribution in [1.29, 1.82) is 0 Å². The molecule has 4 rings (SSSR count). The van der Waals surface area contributed by atoms with Crippen LogP contribution in [0.2, 0.25) is 0 Å². The molecule has 0 saturated carbocycles. The molecule has 7 heteroatoms. The van der Waals surface area contributed by atoms with Crippen LogP contribution in [-0.2, 0) is 19.4 Å². The molecule has 4 heterocycles. The first-order valence-corrected chi connectivity index (χ1v) is 8.45. The Bertz CT molecular complexity index is 821. The highest BCUT2D eigenvalue weighted by atomic mass is 32.1. The third kappa shape index (κ3) is 2.25. The van der Waals surface area contributed by atoms with Gasteiger partial charge in [-0.2, -0.15) is 0 Å². The van der Waals surface area contributed by atoms with E-state index >= 15 is 0 Å². The second-order valence-corrected chi connectivity index (χ2v) is 6.78. The van der Waals surface area contributed by atoms with Crippen molar-refractivity contribution >= 4 is 27.4 Å². The van der Waals surface area contributed by atoms with Crippen LogP contribution in [0.15, 0.2) is 12.4 Å². The second-order valence-electron chi connectivity index (χ2n) is 5.66. The lowest BCUT2D eigenvalue weighted by molar-refractivity contribution is 0.469. The second kappa shape index (κ2) is 5.31. The lowest BCUT2D eigenvalue weighted by Crippen LogP contribution is -2.32. The highest BCUT2D eigenvalue weighted by Crippen LogP contribution is 2.29. The Morgan fingerprint density at radius 1 is 1.36 bits per heavy atom. The van der Waals surface area contributed by atoms with Crippen molar-refractivity contribution in [3.05, 3.63) is 28.9 Å². The molecule has 114 valence electrons. The standard InChI is InChI=1S/C15H18N6S/c1-3-11-6-12-14(16-8-17-15(12)22-11)18-10-4-5-13-20-19-9(2)21(13)7-10/h6,8,10H,3-5,7H2,1-2H3,(H,16,17,18)/t10-/m0/s1. The first-order chi connectivity index (χ1) is 10.7. The number of thiophene rings is 1. The van der Waals surface area contributed by atoms with E-state index in [1.165, 1.54) is 4.88 Å². The summed E-state index contributed by atoms with van der Waals surface area (Å²) in [5, 5.41) is 13.1. The van der Waals surface area contributed by atoms with Gasteiger partial charge in [0.15, 0.2) is 0 Å². The van der Waals surface area contributed by atoms with Crippen LogP contribution in [0.1, 0.15) is 29.9 Å². The summed E-state index contributed by atoms with van der Waals surface area (Å²) in [4.78, 5) is 11.3. The van der Waals surface area contributed by atoms with E-state index in [0.29, 0.717) is 6.04 Å². The Morgan fingerprint density at radius 3 is 3.14 bits per heavy atom. The highest BCUT2D eigenvalue weighted by molar-refractivity contribution is 7.18. The zero-order valence-corrected chi connectivity index (χ0v) is 13.5. The maximum atomic E-state index is 4.46. The maximum absolute atomic E-state index is 4.46. The van der Waals surface area contributed by atoms with Crippen LogP contribution in [0.25, 0.3) is 10.2 Å². The van der Waals surface area contributed by atoms with Crippen molar-refractivity contribution in [3.8, 4) is 0 Å². The smallest absolute Gasteiger partial charge is 0.138 e. The number of nitrogens with zero attached hydrogens (tertiary/aromatic N) is 5. The van der Waals surface area contributed by atoms with E-state index in [9.17, 15) is 0 Å². The van der Waals surface area contributed by atoms with Gasteiger partial charge < -0.3 is 9.88 Å². The average molecular weight is 314 g/mol. The number of anilines is 1. The molecule has 22 heavy (non-hydrogen) atoms. The van der Waals surface area contributed by atoms with E-state index in [1.54, 1.807) is 17.7 Å². The van der Waals surface area contributed by atoms with Gasteiger partial charge in [-0.3, -0.25) is 0 Å². The summed E-state index contributed by atoms with van der Waals surface area (Å²) in [6, 6.07) is 2.56. The molecule has 0 amide bonds. The van der Waals surface area contributed by atoms with E-state index in [1.807, 2.05) is 6.92 Å². The fraction of sp³-hybridized carbons (Fsp3) is 0.467. The molecule has 1 aliphatic heterocycles. The molecule has 0 saturated heterocycles. The molecule has 0 aliphatic carbocycles. The summed E-state index contributed by atoms with van der Waals surface area (Å²) in [7, 11) is 0. The number of aryl methyl sites for hydroxylation is 3. The minimum absolute atomic E-state index is 0.352. The molecule has 0 unspecified atom stereocenters. The van der Waals surface area contributed by atoms with Crippen LogP contribution in [0.5, 0.6) is 0 Å². The number of fused-ring (bicyclic) bond motifs is 2. The van der Waals surface area contributed by atoms with Crippen LogP contribution in [0.4, 0.5) is 5.82 Å². The number of rotatable bonds is 3. The van der Waals surface area contributed by atoms with Gasteiger partial charge in [0.1, 0.15) is 28.6 Å². The van der Waals surface area contributed by atoms with Crippen molar-refractivity contribution in [3.63, 3.8) is 0 Å². The van der Waals surface area contributed by atoms with Gasteiger partial charge in [-0.1, -0.05) is 6.92 Å². The molecule has 1 atom stereocenters. The van der Waals surface area contributed by atoms with Crippen molar-refractivity contribution in [2.45, 2.75) is 45.7 Å². The summed E-state index contributed by atoms with van der Waals surface area (Å²) >= 11 is 1.75. The number of aromatic nitrogens is 5. The molecule has 0 fully saturated rings. The third-order valence-electron chi connectivity index (χ3n) is 4.20. The molecule has 3 aromatic heterocycles. The van der Waals surface area contributed by atoms with E-state index in [0.717, 1.165) is 53.5 Å². The lowest BCUT2D eigenvalue weighted by atomic mass is 10.1. The Morgan fingerprint density at radius 2 is 2.27 bits per heavy atom. The normalized spacial score (nSPS) is 17.6. The van der Waals surface area contributed by atoms with Crippen molar-refractivity contribution in [2.75, 3.05) is 5.32 Å². The molecule has 0 bridgehead atoms. The van der Waals surface area contributed by atoms with Gasteiger partial charge >= 0.3 is 0 Å². The molecule has 6 nitrogen and oxygen atoms in total. The van der Waals surface area contributed by atoms with Crippen LogP contribution in [-0.4, -0.2) is 30.8 Å². The molecule has 0 aromatic carbocycles. The van der Waals surface area contributed by atoms with Gasteiger partial charge in [0.2, 0.25) is 0 Å². The summed E-state index contributed by atoms with van der Waals surface area (Å²) in [6.45, 7) is 5.07. The lowest BCUT2D eigenvalue weighted by Gasteiger charge is -2.25. The Labute approximate surface area is 132 Å². The largest absolute Gasteiger partial charge is 0.365 e. The number of nitrogens with one attached hydrogen (secondary N) is 1. The molecular formula is C15H18N6S. The summed E-state index contributed by atoms with van der Waals surface area (Å²) in [6.07, 6.45) is 4.69. The third-order valence-corrected chi connectivity index (χ3v) is 5.39. The van der Waals surface area contributed by atoms with E-state index in [-0.39, 0.29) is 0 Å². The first kappa shape index (κ1) is 13.6. The van der Waals surface area contributed by atoms with Gasteiger partial charge in [0, 0.05) is 23.9 Å². The summed E-state index contributed by atoms with van der Waals surface area (Å²) < 4.78 is 2.20. The van der Waals surface area contributed by atoms with Gasteiger partial charge in [0.05, 0.1) is 5.39 Å². The fourth-order valence-corrected chi connectivity index (χ4v) is 3.90. The molecule has 3 aromatic rings. The van der Waals surface area contributed by atoms with Crippen molar-refractivity contribution < 1.29 is 0 Å². The molecular weight excluding hydrogens is 296 g/mol. The quantitative estimate of drug-likeness (QED) is 0.805. The monoisotopic (exact) mass is 314 g/mol. The summed E-state index contributed by atoms with van der Waals surface area (Å²) in [5.74, 6) is 3.02. The Balaban J connectivity index is 1.62. The highest BCUT2D eigenvalue weighted by Gasteiger charge is 2.22. The molecule has 1 N–H and O–H groups in total. The molecule has 0 radical (unpaired) electrons. The number of hydrogen-bond donors (Lipinski definition) is 1. The van der Waals surface area contributed by atoms with Crippen LogP contribution < -0.4 is 5.32 Å². The van der Waals surface area contributed by atoms with Gasteiger partial charge in [-0.05, 0) is 25.8 Å². The summed E-state index contributed by atoms with van der Waals surface area (Å²) in [5.41, 5.74) is 0. The zero-order chi connectivity index (χ0) is 15.1. The van der Waals surface area contributed by atoms with Crippen molar-refractivity contribution in [1.82, 2.24) is 24.7 Å². The van der Waals surface area contributed by atoms with Crippen LogP contribution in [0, 0.1) is 6.92 Å². The van der Waals surface area contributed by atoms with Gasteiger partial charge in [0.25, 0.3) is 0 Å². The SMILES string of the molecule is CCc1cc2c(N[C@H]3CCc4nnc(C)n4C3)ncnc2s1. The minimum atomic E-state index is 0.352. The first-order valence-electron chi connectivity index (χ1n) is 7.63. The van der Waals surface area contributed by atoms with Gasteiger partial charge in [-0.25, -0.2) is 9.97 Å². The van der Waals surface area contributed by atoms with Gasteiger partial charge in [-0.15, -0.1) is 21.5 Å². The fourth-order valence-electron chi connectivity index (χ4n) is 2.97. The topological polar surface area (TPSA) is 68.5 Å². The predicted octanol–water partition coefficient (Wildman–Crippen LogP) is 2.58. The molecule has 0 spiro atoms. The van der Waals surface area contributed by atoms with E-state index in [4.69, 9.17) is 0 Å². The van der Waals surface area contributed by atoms with E-state index < -0.39 is 0 Å². The zero-order valence-electron chi connectivity index (χ0n) is 12.7.